The van der Waals surface area contributed by atoms with Crippen LogP contribution in [0.1, 0.15) is 5.56 Å². The lowest BCUT2D eigenvalue weighted by molar-refractivity contribution is 0.627. The van der Waals surface area contributed by atoms with Gasteiger partial charge in [0.2, 0.25) is 0 Å². The fraction of sp³-hybridized carbons (Fsp3) is 0.0625. The van der Waals surface area contributed by atoms with E-state index in [1.165, 1.54) is 23.9 Å². The molecule has 0 aliphatic rings. The number of pyridine rings is 1. The summed E-state index contributed by atoms with van der Waals surface area (Å²) in [6, 6.07) is 14.2. The number of para-hydroxylation sites is 1. The third-order valence-electron chi connectivity index (χ3n) is 3.11. The highest BCUT2D eigenvalue weighted by Gasteiger charge is 2.07. The zero-order valence-corrected chi connectivity index (χ0v) is 12.6. The Morgan fingerprint density at radius 3 is 2.76 bits per heavy atom. The molecule has 5 heteroatoms. The first kappa shape index (κ1) is 14.2. The molecule has 21 heavy (non-hydrogen) atoms. The molecule has 1 heterocycles. The van der Waals surface area contributed by atoms with Crippen molar-refractivity contribution in [1.29, 1.82) is 0 Å². The predicted octanol–water partition coefficient (Wildman–Crippen LogP) is 4.90. The number of nitrogen functional groups attached to an aromatic ring is 1. The van der Waals surface area contributed by atoms with Gasteiger partial charge in [-0.1, -0.05) is 29.8 Å². The number of aromatic nitrogens is 1. The monoisotopic (exact) mass is 318 g/mol. The number of hydrogen-bond donors (Lipinski definition) is 1. The average Bonchev–Trinajstić information content (AvgIpc) is 2.46. The topological polar surface area (TPSA) is 38.9 Å². The highest BCUT2D eigenvalue weighted by Crippen LogP contribution is 2.31. The minimum atomic E-state index is -0.331. The highest BCUT2D eigenvalue weighted by atomic mass is 35.5. The Morgan fingerprint density at radius 1 is 1.14 bits per heavy atom. The van der Waals surface area contributed by atoms with Crippen LogP contribution in [0.15, 0.2) is 53.4 Å². The lowest BCUT2D eigenvalue weighted by Gasteiger charge is -2.08. The second kappa shape index (κ2) is 5.92. The van der Waals surface area contributed by atoms with Gasteiger partial charge < -0.3 is 5.73 Å². The molecular weight excluding hydrogens is 307 g/mol. The molecular formula is C16H12ClFN2S. The Morgan fingerprint density at radius 2 is 1.95 bits per heavy atom. The van der Waals surface area contributed by atoms with Crippen molar-refractivity contribution in [1.82, 2.24) is 4.98 Å². The van der Waals surface area contributed by atoms with Crippen molar-refractivity contribution in [3.8, 4) is 0 Å². The SMILES string of the molecule is Nc1cc(F)ccc1SCc1cc2ccccc2nc1Cl. The molecule has 0 bridgehead atoms. The quantitative estimate of drug-likeness (QED) is 0.424. The molecule has 0 saturated carbocycles. The van der Waals surface area contributed by atoms with Crippen LogP contribution in [-0.2, 0) is 5.75 Å². The summed E-state index contributed by atoms with van der Waals surface area (Å²) in [5.41, 5.74) is 8.05. The molecule has 2 nitrogen and oxygen atoms in total. The van der Waals surface area contributed by atoms with Gasteiger partial charge in [0.1, 0.15) is 11.0 Å². The van der Waals surface area contributed by atoms with Gasteiger partial charge >= 0.3 is 0 Å². The minimum Gasteiger partial charge on any atom is -0.398 e. The Bertz CT molecular complexity index is 807. The van der Waals surface area contributed by atoms with Crippen LogP contribution < -0.4 is 5.73 Å². The van der Waals surface area contributed by atoms with E-state index in [4.69, 9.17) is 17.3 Å². The third-order valence-corrected chi connectivity index (χ3v) is 4.57. The van der Waals surface area contributed by atoms with Gasteiger partial charge in [-0.3, -0.25) is 0 Å². The van der Waals surface area contributed by atoms with E-state index in [1.807, 2.05) is 30.3 Å². The molecule has 0 unspecified atom stereocenters. The van der Waals surface area contributed by atoms with Crippen molar-refractivity contribution in [2.24, 2.45) is 0 Å². The average molecular weight is 319 g/mol. The second-order valence-electron chi connectivity index (χ2n) is 4.60. The first-order valence-corrected chi connectivity index (χ1v) is 7.72. The number of rotatable bonds is 3. The van der Waals surface area contributed by atoms with Crippen molar-refractivity contribution in [2.45, 2.75) is 10.6 Å². The van der Waals surface area contributed by atoms with E-state index in [1.54, 1.807) is 6.07 Å². The summed E-state index contributed by atoms with van der Waals surface area (Å²) < 4.78 is 13.0. The van der Waals surface area contributed by atoms with Crippen molar-refractivity contribution in [3.05, 3.63) is 65.1 Å². The van der Waals surface area contributed by atoms with Crippen LogP contribution in [0.4, 0.5) is 10.1 Å². The van der Waals surface area contributed by atoms with Crippen molar-refractivity contribution in [3.63, 3.8) is 0 Å². The van der Waals surface area contributed by atoms with Gasteiger partial charge in [0.25, 0.3) is 0 Å². The Labute approximate surface area is 131 Å². The Hall–Kier alpha value is -1.78. The number of anilines is 1. The van der Waals surface area contributed by atoms with E-state index in [-0.39, 0.29) is 5.82 Å². The molecule has 3 rings (SSSR count). The van der Waals surface area contributed by atoms with E-state index in [2.05, 4.69) is 4.98 Å². The largest absolute Gasteiger partial charge is 0.398 e. The first-order valence-electron chi connectivity index (χ1n) is 6.35. The summed E-state index contributed by atoms with van der Waals surface area (Å²) in [7, 11) is 0. The zero-order valence-electron chi connectivity index (χ0n) is 11.0. The number of halogens is 2. The molecule has 0 spiro atoms. The highest BCUT2D eigenvalue weighted by molar-refractivity contribution is 7.98. The molecule has 3 aromatic rings. The van der Waals surface area contributed by atoms with Crippen LogP contribution in [0.3, 0.4) is 0 Å². The van der Waals surface area contributed by atoms with Crippen LogP contribution in [0.2, 0.25) is 5.15 Å². The molecule has 0 aliphatic carbocycles. The number of hydrogen-bond acceptors (Lipinski definition) is 3. The fourth-order valence-electron chi connectivity index (χ4n) is 2.04. The van der Waals surface area contributed by atoms with Gasteiger partial charge in [0.05, 0.1) is 5.52 Å². The van der Waals surface area contributed by atoms with E-state index in [9.17, 15) is 4.39 Å². The smallest absolute Gasteiger partial charge is 0.133 e. The summed E-state index contributed by atoms with van der Waals surface area (Å²) in [6.45, 7) is 0. The minimum absolute atomic E-state index is 0.331. The molecule has 0 amide bonds. The Kier molecular flexibility index (Phi) is 3.99. The normalized spacial score (nSPS) is 11.0. The van der Waals surface area contributed by atoms with Crippen LogP contribution in [0.5, 0.6) is 0 Å². The maximum atomic E-state index is 13.0. The summed E-state index contributed by atoms with van der Waals surface area (Å²) in [6.07, 6.45) is 0. The number of nitrogens with zero attached hydrogens (tertiary/aromatic N) is 1. The van der Waals surface area contributed by atoms with Crippen molar-refractivity contribution < 1.29 is 4.39 Å². The van der Waals surface area contributed by atoms with Gasteiger partial charge in [-0.25, -0.2) is 9.37 Å². The summed E-state index contributed by atoms with van der Waals surface area (Å²) in [5, 5.41) is 1.53. The number of nitrogens with two attached hydrogens (primary N) is 1. The van der Waals surface area contributed by atoms with E-state index >= 15 is 0 Å². The van der Waals surface area contributed by atoms with Crippen LogP contribution in [0.25, 0.3) is 10.9 Å². The van der Waals surface area contributed by atoms with Gasteiger partial charge in [-0.15, -0.1) is 11.8 Å². The zero-order chi connectivity index (χ0) is 14.8. The van der Waals surface area contributed by atoms with Crippen molar-refractivity contribution >= 4 is 40.0 Å². The van der Waals surface area contributed by atoms with Gasteiger partial charge in [-0.2, -0.15) is 0 Å². The Balaban J connectivity index is 1.86. The fourth-order valence-corrected chi connectivity index (χ4v) is 3.26. The van der Waals surface area contributed by atoms with Gasteiger partial charge in [0.15, 0.2) is 0 Å². The maximum Gasteiger partial charge on any atom is 0.133 e. The number of benzene rings is 2. The summed E-state index contributed by atoms with van der Waals surface area (Å²) in [4.78, 5) is 5.22. The predicted molar refractivity (Wildman–Crippen MR) is 87.1 cm³/mol. The third kappa shape index (κ3) is 3.12. The summed E-state index contributed by atoms with van der Waals surface area (Å²) >= 11 is 7.73. The van der Waals surface area contributed by atoms with Crippen molar-refractivity contribution in [2.75, 3.05) is 5.73 Å². The van der Waals surface area contributed by atoms with E-state index < -0.39 is 0 Å². The molecule has 0 atom stereocenters. The molecule has 0 radical (unpaired) electrons. The molecule has 0 fully saturated rings. The molecule has 106 valence electrons. The van der Waals surface area contributed by atoms with E-state index in [0.717, 1.165) is 21.4 Å². The maximum absolute atomic E-state index is 13.0. The van der Waals surface area contributed by atoms with Crippen LogP contribution in [0, 0.1) is 5.82 Å². The molecule has 1 aromatic heterocycles. The van der Waals surface area contributed by atoms with Gasteiger partial charge in [-0.05, 0) is 30.3 Å². The van der Waals surface area contributed by atoms with E-state index in [0.29, 0.717) is 16.6 Å². The summed E-state index contributed by atoms with van der Waals surface area (Å²) in [5.74, 6) is 0.300. The standard InChI is InChI=1S/C16H12ClFN2S/c17-16-11(7-10-3-1-2-4-14(10)20-16)9-21-15-6-5-12(18)8-13(15)19/h1-8H,9,19H2. The van der Waals surface area contributed by atoms with Crippen LogP contribution in [-0.4, -0.2) is 4.98 Å². The molecule has 0 saturated heterocycles. The number of fused-ring (bicyclic) bond motifs is 1. The van der Waals surface area contributed by atoms with Gasteiger partial charge in [0, 0.05) is 27.3 Å². The lowest BCUT2D eigenvalue weighted by Crippen LogP contribution is -1.92. The lowest BCUT2D eigenvalue weighted by atomic mass is 10.2. The first-order chi connectivity index (χ1) is 10.1. The van der Waals surface area contributed by atoms with Crippen LogP contribution >= 0.6 is 23.4 Å². The molecule has 2 N–H and O–H groups in total. The second-order valence-corrected chi connectivity index (χ2v) is 5.98. The molecule has 2 aromatic carbocycles. The molecule has 0 aliphatic heterocycles. The number of thioether (sulfide) groups is 1.